The van der Waals surface area contributed by atoms with Gasteiger partial charge in [0.15, 0.2) is 5.03 Å². The number of aryl methyl sites for hydroxylation is 1. The Kier molecular flexibility index (Phi) is 3.56. The molecule has 2 aromatic rings. The van der Waals surface area contributed by atoms with Crippen LogP contribution in [0.2, 0.25) is 0 Å². The summed E-state index contributed by atoms with van der Waals surface area (Å²) in [6, 6.07) is 7.80. The number of nitrogens with one attached hydrogen (secondary N) is 2. The number of sulfonamides is 1. The zero-order chi connectivity index (χ0) is 15.0. The predicted molar refractivity (Wildman–Crippen MR) is 79.0 cm³/mol. The van der Waals surface area contributed by atoms with Crippen LogP contribution in [0.3, 0.4) is 0 Å². The zero-order valence-corrected chi connectivity index (χ0v) is 12.9. The molecule has 0 unspecified atom stereocenters. The van der Waals surface area contributed by atoms with Crippen LogP contribution >= 0.6 is 0 Å². The van der Waals surface area contributed by atoms with Crippen LogP contribution in [-0.4, -0.2) is 30.0 Å². The van der Waals surface area contributed by atoms with Gasteiger partial charge in [0.05, 0.1) is 0 Å². The highest BCUT2D eigenvalue weighted by Crippen LogP contribution is 2.29. The van der Waals surface area contributed by atoms with Crippen molar-refractivity contribution < 1.29 is 8.42 Å². The highest BCUT2D eigenvalue weighted by molar-refractivity contribution is 7.89. The Morgan fingerprint density at radius 1 is 1.29 bits per heavy atom. The van der Waals surface area contributed by atoms with Crippen molar-refractivity contribution in [3.63, 3.8) is 0 Å². The van der Waals surface area contributed by atoms with Crippen molar-refractivity contribution in [3.05, 3.63) is 46.6 Å². The summed E-state index contributed by atoms with van der Waals surface area (Å²) >= 11 is 0. The number of fused-ring (bicyclic) bond motifs is 1. The molecular formula is C14H18N4O2S. The van der Waals surface area contributed by atoms with Gasteiger partial charge in [0.1, 0.15) is 0 Å². The van der Waals surface area contributed by atoms with Crippen molar-refractivity contribution in [2.75, 3.05) is 7.05 Å². The second kappa shape index (κ2) is 5.25. The topological polar surface area (TPSA) is 78.1 Å². The molecule has 0 bridgehead atoms. The molecule has 0 radical (unpaired) electrons. The van der Waals surface area contributed by atoms with E-state index in [1.165, 1.54) is 4.31 Å². The molecule has 1 aliphatic heterocycles. The Morgan fingerprint density at radius 3 is 2.48 bits per heavy atom. The smallest absolute Gasteiger partial charge is 0.263 e. The average Bonchev–Trinajstić information content (AvgIpc) is 3.04. The normalized spacial score (nSPS) is 15.3. The van der Waals surface area contributed by atoms with Gasteiger partial charge in [-0.3, -0.25) is 5.10 Å². The van der Waals surface area contributed by atoms with Crippen LogP contribution in [-0.2, 0) is 29.7 Å². The summed E-state index contributed by atoms with van der Waals surface area (Å²) in [5.74, 6) is 0. The fourth-order valence-electron chi connectivity index (χ4n) is 2.62. The first-order chi connectivity index (χ1) is 10.0. The van der Waals surface area contributed by atoms with Gasteiger partial charge in [0.25, 0.3) is 10.0 Å². The standard InChI is InChI=1S/C14H18N4O2S/c1-10-13(7-15-2)14(17-16-10)21(19,20)18-8-11-5-3-4-6-12(11)9-18/h3-6,15H,7-9H2,1-2H3,(H,16,17). The Labute approximate surface area is 124 Å². The van der Waals surface area contributed by atoms with Gasteiger partial charge in [-0.25, -0.2) is 8.42 Å². The molecule has 0 saturated carbocycles. The molecule has 2 N–H and O–H groups in total. The Morgan fingerprint density at radius 2 is 1.90 bits per heavy atom. The van der Waals surface area contributed by atoms with Crippen LogP contribution in [0.5, 0.6) is 0 Å². The lowest BCUT2D eigenvalue weighted by Gasteiger charge is -2.15. The van der Waals surface area contributed by atoms with Crippen LogP contribution in [0.25, 0.3) is 0 Å². The Balaban J connectivity index is 1.96. The third-order valence-electron chi connectivity index (χ3n) is 3.79. The number of aromatic amines is 1. The largest absolute Gasteiger partial charge is 0.316 e. The minimum atomic E-state index is -3.59. The molecule has 6 nitrogen and oxygen atoms in total. The van der Waals surface area contributed by atoms with Crippen LogP contribution in [0.1, 0.15) is 22.4 Å². The van der Waals surface area contributed by atoms with Crippen LogP contribution < -0.4 is 5.32 Å². The summed E-state index contributed by atoms with van der Waals surface area (Å²) < 4.78 is 27.1. The van der Waals surface area contributed by atoms with E-state index in [1.54, 1.807) is 7.05 Å². The van der Waals surface area contributed by atoms with E-state index in [-0.39, 0.29) is 5.03 Å². The van der Waals surface area contributed by atoms with Gasteiger partial charge in [0.2, 0.25) is 0 Å². The van der Waals surface area contributed by atoms with Crippen molar-refractivity contribution in [1.29, 1.82) is 0 Å². The van der Waals surface area contributed by atoms with Gasteiger partial charge in [-0.1, -0.05) is 24.3 Å². The number of hydrogen-bond donors (Lipinski definition) is 2. The molecule has 0 atom stereocenters. The summed E-state index contributed by atoms with van der Waals surface area (Å²) in [6.45, 7) is 3.11. The highest BCUT2D eigenvalue weighted by atomic mass is 32.2. The lowest BCUT2D eigenvalue weighted by atomic mass is 10.1. The number of H-pyrrole nitrogens is 1. The van der Waals surface area contributed by atoms with E-state index in [4.69, 9.17) is 0 Å². The fraction of sp³-hybridized carbons (Fsp3) is 0.357. The van der Waals surface area contributed by atoms with Crippen molar-refractivity contribution in [2.45, 2.75) is 31.6 Å². The van der Waals surface area contributed by atoms with E-state index < -0.39 is 10.0 Å². The lowest BCUT2D eigenvalue weighted by Crippen LogP contribution is -2.27. The maximum absolute atomic E-state index is 12.8. The second-order valence-corrected chi connectivity index (χ2v) is 7.06. The van der Waals surface area contributed by atoms with Gasteiger partial charge < -0.3 is 5.32 Å². The summed E-state index contributed by atoms with van der Waals surface area (Å²) in [6.07, 6.45) is 0. The third-order valence-corrected chi connectivity index (χ3v) is 5.55. The van der Waals surface area contributed by atoms with Gasteiger partial charge >= 0.3 is 0 Å². The zero-order valence-electron chi connectivity index (χ0n) is 12.0. The van der Waals surface area contributed by atoms with Gasteiger partial charge in [-0.2, -0.15) is 9.40 Å². The van der Waals surface area contributed by atoms with Crippen molar-refractivity contribution in [2.24, 2.45) is 0 Å². The quantitative estimate of drug-likeness (QED) is 0.888. The maximum atomic E-state index is 12.8. The maximum Gasteiger partial charge on any atom is 0.263 e. The molecule has 0 saturated heterocycles. The van der Waals surface area contributed by atoms with Crippen molar-refractivity contribution in [3.8, 4) is 0 Å². The molecule has 1 aromatic carbocycles. The molecule has 1 aromatic heterocycles. The summed E-state index contributed by atoms with van der Waals surface area (Å²) in [4.78, 5) is 0. The summed E-state index contributed by atoms with van der Waals surface area (Å²) in [5, 5.41) is 9.91. The minimum absolute atomic E-state index is 0.127. The minimum Gasteiger partial charge on any atom is -0.316 e. The predicted octanol–water partition coefficient (Wildman–Crippen LogP) is 1.14. The molecule has 0 spiro atoms. The van der Waals surface area contributed by atoms with E-state index in [1.807, 2.05) is 31.2 Å². The monoisotopic (exact) mass is 306 g/mol. The second-order valence-electron chi connectivity index (χ2n) is 5.20. The molecule has 0 aliphatic carbocycles. The van der Waals surface area contributed by atoms with E-state index in [0.717, 1.165) is 16.8 Å². The molecular weight excluding hydrogens is 288 g/mol. The molecule has 112 valence electrons. The van der Waals surface area contributed by atoms with Crippen LogP contribution in [0.4, 0.5) is 0 Å². The van der Waals surface area contributed by atoms with Gasteiger partial charge in [-0.05, 0) is 25.1 Å². The number of nitrogens with zero attached hydrogens (tertiary/aromatic N) is 2. The van der Waals surface area contributed by atoms with Gasteiger partial charge in [-0.15, -0.1) is 0 Å². The Bertz CT molecular complexity index is 742. The molecule has 3 rings (SSSR count). The molecule has 21 heavy (non-hydrogen) atoms. The fourth-order valence-corrected chi connectivity index (χ4v) is 4.18. The van der Waals surface area contributed by atoms with E-state index in [9.17, 15) is 8.42 Å². The SMILES string of the molecule is CNCc1c(S(=O)(=O)N2Cc3ccccc3C2)n[nH]c1C. The van der Waals surface area contributed by atoms with Crippen molar-refractivity contribution >= 4 is 10.0 Å². The summed E-state index contributed by atoms with van der Waals surface area (Å²) in [7, 11) is -1.80. The third kappa shape index (κ3) is 2.37. The molecule has 2 heterocycles. The number of benzene rings is 1. The molecule has 1 aliphatic rings. The van der Waals surface area contributed by atoms with E-state index in [0.29, 0.717) is 25.2 Å². The number of hydrogen-bond acceptors (Lipinski definition) is 4. The molecule has 7 heteroatoms. The van der Waals surface area contributed by atoms with Crippen LogP contribution in [0.15, 0.2) is 29.3 Å². The van der Waals surface area contributed by atoms with Crippen molar-refractivity contribution in [1.82, 2.24) is 19.8 Å². The lowest BCUT2D eigenvalue weighted by molar-refractivity contribution is 0.428. The number of rotatable bonds is 4. The first kappa shape index (κ1) is 14.2. The first-order valence-corrected chi connectivity index (χ1v) is 8.23. The molecule has 0 amide bonds. The van der Waals surface area contributed by atoms with E-state index in [2.05, 4.69) is 15.5 Å². The molecule has 0 fully saturated rings. The average molecular weight is 306 g/mol. The van der Waals surface area contributed by atoms with Crippen LogP contribution in [0, 0.1) is 6.92 Å². The van der Waals surface area contributed by atoms with E-state index >= 15 is 0 Å². The Hall–Kier alpha value is -1.70. The first-order valence-electron chi connectivity index (χ1n) is 6.79. The highest BCUT2D eigenvalue weighted by Gasteiger charge is 2.34. The summed E-state index contributed by atoms with van der Waals surface area (Å²) in [5.41, 5.74) is 3.60. The van der Waals surface area contributed by atoms with Gasteiger partial charge in [0, 0.05) is 30.9 Å². The number of aromatic nitrogens is 2.